The zero-order valence-electron chi connectivity index (χ0n) is 20.4. The first kappa shape index (κ1) is 36.5. The van der Waals surface area contributed by atoms with Crippen molar-refractivity contribution in [3.8, 4) is 0 Å². The van der Waals surface area contributed by atoms with Crippen molar-refractivity contribution >= 4 is 17.3 Å². The Kier molecular flexibility index (Phi) is 25.2. The summed E-state index contributed by atoms with van der Waals surface area (Å²) in [5, 5.41) is 32.4. The Morgan fingerprint density at radius 2 is 0.710 bits per heavy atom. The van der Waals surface area contributed by atoms with Gasteiger partial charge in [-0.05, 0) is 76.0 Å². The molecule has 1 radical (unpaired) electrons. The third kappa shape index (κ3) is 39.2. The second kappa shape index (κ2) is 21.4. The minimum atomic E-state index is -0.161. The molecule has 0 rings (SSSR count). The summed E-state index contributed by atoms with van der Waals surface area (Å²) in [5.41, 5.74) is 0. The summed E-state index contributed by atoms with van der Waals surface area (Å²) in [6, 6.07) is 0. The van der Waals surface area contributed by atoms with Crippen LogP contribution in [0.3, 0.4) is 0 Å². The van der Waals surface area contributed by atoms with Crippen LogP contribution in [-0.2, 0) is 31.5 Å². The molecule has 0 amide bonds. The number of rotatable bonds is 9. The van der Waals surface area contributed by atoms with Gasteiger partial charge in [0.1, 0.15) is 0 Å². The predicted octanol–water partition coefficient (Wildman–Crippen LogP) is 2.59. The maximum absolute atomic E-state index is 10.8. The van der Waals surface area contributed by atoms with Gasteiger partial charge in [0.05, 0.1) is 0 Å². The van der Waals surface area contributed by atoms with Crippen LogP contribution in [0.15, 0.2) is 35.5 Å². The standard InChI is InChI=1S/3C8H14O2.Fe/c3*1-6(2)4-8(10)5-7(3)9;/h3*5-6,10H,4H2,1-3H3;/q;;;+3/p-3/b3*8-5-;. The predicted molar refractivity (Wildman–Crippen MR) is 115 cm³/mol. The molecule has 0 N–H and O–H groups in total. The maximum Gasteiger partial charge on any atom is 3.00 e. The van der Waals surface area contributed by atoms with E-state index in [0.29, 0.717) is 37.0 Å². The van der Waals surface area contributed by atoms with E-state index in [4.69, 9.17) is 0 Å². The Hall–Kier alpha value is -1.85. The van der Waals surface area contributed by atoms with Gasteiger partial charge in [0.15, 0.2) is 17.3 Å². The smallest absolute Gasteiger partial charge is 0.875 e. The summed E-state index contributed by atoms with van der Waals surface area (Å²) in [6.45, 7) is 15.9. The van der Waals surface area contributed by atoms with Crippen molar-refractivity contribution in [3.05, 3.63) is 35.5 Å². The quantitative estimate of drug-likeness (QED) is 0.285. The molecular weight excluding hydrogens is 440 g/mol. The van der Waals surface area contributed by atoms with Crippen molar-refractivity contribution in [3.63, 3.8) is 0 Å². The molecule has 31 heavy (non-hydrogen) atoms. The summed E-state index contributed by atoms with van der Waals surface area (Å²) < 4.78 is 0. The summed E-state index contributed by atoms with van der Waals surface area (Å²) in [6.07, 6.45) is 4.87. The minimum absolute atomic E-state index is 0. The van der Waals surface area contributed by atoms with E-state index in [9.17, 15) is 29.7 Å². The molecule has 0 aliphatic carbocycles. The molecule has 0 heterocycles. The zero-order valence-corrected chi connectivity index (χ0v) is 21.5. The van der Waals surface area contributed by atoms with E-state index in [1.807, 2.05) is 41.5 Å². The largest absolute Gasteiger partial charge is 3.00 e. The third-order valence-electron chi connectivity index (χ3n) is 2.92. The van der Waals surface area contributed by atoms with Crippen molar-refractivity contribution in [2.45, 2.75) is 81.6 Å². The van der Waals surface area contributed by atoms with Crippen LogP contribution in [-0.4, -0.2) is 17.3 Å². The molecule has 0 bridgehead atoms. The van der Waals surface area contributed by atoms with Crippen LogP contribution in [0.4, 0.5) is 0 Å². The van der Waals surface area contributed by atoms with Crippen LogP contribution in [0.1, 0.15) is 81.6 Å². The first-order valence-corrected chi connectivity index (χ1v) is 10.2. The van der Waals surface area contributed by atoms with Crippen LogP contribution in [0.5, 0.6) is 0 Å². The number of carbonyl (C=O) groups is 3. The van der Waals surface area contributed by atoms with Crippen molar-refractivity contribution in [2.24, 2.45) is 17.8 Å². The molecule has 0 aromatic rings. The van der Waals surface area contributed by atoms with E-state index in [0.717, 1.165) is 18.2 Å². The van der Waals surface area contributed by atoms with Gasteiger partial charge < -0.3 is 15.3 Å². The van der Waals surface area contributed by atoms with Gasteiger partial charge in [-0.15, -0.1) is 17.3 Å². The Bertz CT molecular complexity index is 528. The fourth-order valence-corrected chi connectivity index (χ4v) is 2.06. The molecule has 0 fully saturated rings. The molecule has 179 valence electrons. The summed E-state index contributed by atoms with van der Waals surface area (Å²) in [4.78, 5) is 31.1. The van der Waals surface area contributed by atoms with Gasteiger partial charge in [0, 0.05) is 0 Å². The van der Waals surface area contributed by atoms with Crippen molar-refractivity contribution < 1.29 is 46.8 Å². The number of carbonyl (C=O) groups excluding carboxylic acids is 3. The Labute approximate surface area is 199 Å². The number of hydrogen-bond acceptors (Lipinski definition) is 6. The maximum atomic E-state index is 10.8. The molecule has 6 nitrogen and oxygen atoms in total. The zero-order chi connectivity index (χ0) is 24.4. The van der Waals surface area contributed by atoms with Gasteiger partial charge in [0.25, 0.3) is 0 Å². The Morgan fingerprint density at radius 1 is 0.548 bits per heavy atom. The van der Waals surface area contributed by atoms with Crippen LogP contribution < -0.4 is 15.3 Å². The third-order valence-corrected chi connectivity index (χ3v) is 2.92. The van der Waals surface area contributed by atoms with Crippen molar-refractivity contribution in [2.75, 3.05) is 0 Å². The van der Waals surface area contributed by atoms with Gasteiger partial charge in [-0.1, -0.05) is 41.5 Å². The van der Waals surface area contributed by atoms with E-state index >= 15 is 0 Å². The van der Waals surface area contributed by atoms with Gasteiger partial charge in [-0.3, -0.25) is 14.4 Å². The minimum Gasteiger partial charge on any atom is -0.875 e. The average molecular weight is 479 g/mol. The monoisotopic (exact) mass is 479 g/mol. The van der Waals surface area contributed by atoms with E-state index in [2.05, 4.69) is 0 Å². The summed E-state index contributed by atoms with van der Waals surface area (Å²) >= 11 is 0. The number of allylic oxidation sites excluding steroid dienone is 6. The molecule has 0 saturated heterocycles. The molecule has 0 aromatic heterocycles. The van der Waals surface area contributed by atoms with Crippen molar-refractivity contribution in [1.82, 2.24) is 0 Å². The van der Waals surface area contributed by atoms with Gasteiger partial charge in [-0.2, -0.15) is 0 Å². The molecular formula is C24H39FeO6. The molecule has 0 aliphatic rings. The Morgan fingerprint density at radius 3 is 0.806 bits per heavy atom. The Balaban J connectivity index is -0.000000174. The molecule has 0 atom stereocenters. The van der Waals surface area contributed by atoms with E-state index in [-0.39, 0.29) is 51.7 Å². The van der Waals surface area contributed by atoms with Gasteiger partial charge in [0.2, 0.25) is 0 Å². The first-order valence-electron chi connectivity index (χ1n) is 10.2. The summed E-state index contributed by atoms with van der Waals surface area (Å²) in [5.74, 6) is 0.323. The van der Waals surface area contributed by atoms with E-state index in [1.165, 1.54) is 20.8 Å². The molecule has 0 aliphatic heterocycles. The van der Waals surface area contributed by atoms with Crippen molar-refractivity contribution in [1.29, 1.82) is 0 Å². The number of ketones is 3. The second-order valence-corrected chi connectivity index (χ2v) is 8.46. The number of hydrogen-bond donors (Lipinski definition) is 0. The fourth-order valence-electron chi connectivity index (χ4n) is 2.06. The van der Waals surface area contributed by atoms with Crippen LogP contribution in [0.2, 0.25) is 0 Å². The average Bonchev–Trinajstić information content (AvgIpc) is 2.42. The molecule has 0 spiro atoms. The van der Waals surface area contributed by atoms with Gasteiger partial charge >= 0.3 is 17.1 Å². The normalized spacial score (nSPS) is 11.8. The topological polar surface area (TPSA) is 120 Å². The SMILES string of the molecule is CC(=O)/C=C(\[O-])CC(C)C.CC(=O)/C=C(\[O-])CC(C)C.CC(=O)/C=C(\[O-])CC(C)C.[Fe+3]. The second-order valence-electron chi connectivity index (χ2n) is 8.46. The molecule has 0 unspecified atom stereocenters. The van der Waals surface area contributed by atoms with Crippen LogP contribution >= 0.6 is 0 Å². The molecule has 0 saturated carbocycles. The molecule has 7 heteroatoms. The van der Waals surface area contributed by atoms with Gasteiger partial charge in [-0.25, -0.2) is 0 Å². The molecule has 0 aromatic carbocycles. The van der Waals surface area contributed by atoms with E-state index in [1.54, 1.807) is 0 Å². The van der Waals surface area contributed by atoms with Crippen LogP contribution in [0, 0.1) is 17.8 Å². The van der Waals surface area contributed by atoms with E-state index < -0.39 is 0 Å². The summed E-state index contributed by atoms with van der Waals surface area (Å²) in [7, 11) is 0. The first-order chi connectivity index (χ1) is 13.6. The fraction of sp³-hybridized carbons (Fsp3) is 0.625. The van der Waals surface area contributed by atoms with Crippen LogP contribution in [0.25, 0.3) is 0 Å².